The van der Waals surface area contributed by atoms with E-state index in [0.717, 1.165) is 11.7 Å². The summed E-state index contributed by atoms with van der Waals surface area (Å²) in [5.74, 6) is 0. The van der Waals surface area contributed by atoms with Gasteiger partial charge in [-0.3, -0.25) is 0 Å². The lowest BCUT2D eigenvalue weighted by molar-refractivity contribution is 0.132. The average molecular weight is 317 g/mol. The van der Waals surface area contributed by atoms with Crippen LogP contribution in [0.2, 0.25) is 0 Å². The van der Waals surface area contributed by atoms with Crippen LogP contribution >= 0.6 is 12.2 Å². The minimum Gasteiger partial charge on any atom is -0.345 e. The molecule has 1 N–H and O–H groups in total. The molecule has 2 fully saturated rings. The summed E-state index contributed by atoms with van der Waals surface area (Å²) in [7, 11) is 0. The van der Waals surface area contributed by atoms with E-state index < -0.39 is 0 Å². The first-order valence-electron chi connectivity index (χ1n) is 8.33. The van der Waals surface area contributed by atoms with Crippen LogP contribution in [0, 0.1) is 24.7 Å². The van der Waals surface area contributed by atoms with Crippen molar-refractivity contribution in [3.8, 4) is 0 Å². The van der Waals surface area contributed by atoms with Gasteiger partial charge in [0, 0.05) is 18.3 Å². The summed E-state index contributed by atoms with van der Waals surface area (Å²) in [5, 5.41) is 4.44. The maximum atomic E-state index is 5.78. The number of anilines is 1. The molecule has 0 radical (unpaired) electrons. The molecule has 1 aromatic rings. The second kappa shape index (κ2) is 5.23. The Kier molecular flexibility index (Phi) is 3.75. The molecule has 1 heterocycles. The maximum absolute atomic E-state index is 5.78. The van der Waals surface area contributed by atoms with Crippen molar-refractivity contribution in [2.75, 3.05) is 11.9 Å². The predicted molar refractivity (Wildman–Crippen MR) is 98.4 cm³/mol. The Morgan fingerprint density at radius 1 is 1.18 bits per heavy atom. The molecule has 0 spiro atoms. The van der Waals surface area contributed by atoms with Crippen LogP contribution in [0.25, 0.3) is 0 Å². The van der Waals surface area contributed by atoms with Crippen molar-refractivity contribution >= 4 is 23.0 Å². The first kappa shape index (κ1) is 15.8. The monoisotopic (exact) mass is 316 g/mol. The van der Waals surface area contributed by atoms with Crippen LogP contribution in [0.5, 0.6) is 0 Å². The van der Waals surface area contributed by atoms with Crippen LogP contribution in [-0.4, -0.2) is 22.6 Å². The number of benzene rings is 1. The Hall–Kier alpha value is -1.09. The molecule has 2 aliphatic rings. The van der Waals surface area contributed by atoms with Crippen molar-refractivity contribution in [1.82, 2.24) is 4.90 Å². The zero-order valence-electron chi connectivity index (χ0n) is 14.5. The van der Waals surface area contributed by atoms with E-state index in [2.05, 4.69) is 63.0 Å². The number of likely N-dealkylation sites (tertiary alicyclic amines) is 1. The highest BCUT2D eigenvalue weighted by atomic mass is 32.1. The molecule has 1 aromatic carbocycles. The number of nitrogens with one attached hydrogen (secondary N) is 1. The number of hydrogen-bond donors (Lipinski definition) is 1. The lowest BCUT2D eigenvalue weighted by Gasteiger charge is -2.39. The van der Waals surface area contributed by atoms with Crippen LogP contribution in [-0.2, 0) is 0 Å². The predicted octanol–water partition coefficient (Wildman–Crippen LogP) is 4.90. The molecule has 1 saturated heterocycles. The molecule has 1 aliphatic heterocycles. The maximum Gasteiger partial charge on any atom is 0.173 e. The highest BCUT2D eigenvalue weighted by Crippen LogP contribution is 2.52. The average Bonchev–Trinajstić information content (AvgIpc) is 2.63. The van der Waals surface area contributed by atoms with Gasteiger partial charge in [0.25, 0.3) is 0 Å². The smallest absolute Gasteiger partial charge is 0.173 e. The fourth-order valence-corrected chi connectivity index (χ4v) is 5.20. The minimum absolute atomic E-state index is 0.416. The third kappa shape index (κ3) is 2.88. The summed E-state index contributed by atoms with van der Waals surface area (Å²) >= 11 is 5.78. The molecule has 3 rings (SSSR count). The largest absolute Gasteiger partial charge is 0.345 e. The van der Waals surface area contributed by atoms with E-state index in [9.17, 15) is 0 Å². The summed E-state index contributed by atoms with van der Waals surface area (Å²) in [4.78, 5) is 2.45. The Bertz CT molecular complexity index is 587. The molecule has 0 amide bonds. The third-order valence-corrected chi connectivity index (χ3v) is 5.73. The molecule has 120 valence electrons. The van der Waals surface area contributed by atoms with Crippen molar-refractivity contribution in [2.24, 2.45) is 10.8 Å². The second-order valence-electron chi connectivity index (χ2n) is 8.54. The van der Waals surface area contributed by atoms with Crippen molar-refractivity contribution in [3.05, 3.63) is 29.3 Å². The van der Waals surface area contributed by atoms with Gasteiger partial charge in [-0.15, -0.1) is 0 Å². The topological polar surface area (TPSA) is 15.3 Å². The quantitative estimate of drug-likeness (QED) is 0.742. The van der Waals surface area contributed by atoms with Crippen LogP contribution < -0.4 is 5.32 Å². The van der Waals surface area contributed by atoms with E-state index >= 15 is 0 Å². The van der Waals surface area contributed by atoms with E-state index in [4.69, 9.17) is 12.2 Å². The zero-order valence-corrected chi connectivity index (χ0v) is 15.3. The number of nitrogens with zero attached hydrogens (tertiary/aromatic N) is 1. The molecule has 0 unspecified atom stereocenters. The van der Waals surface area contributed by atoms with Gasteiger partial charge in [0.2, 0.25) is 0 Å². The summed E-state index contributed by atoms with van der Waals surface area (Å²) < 4.78 is 0. The van der Waals surface area contributed by atoms with Crippen molar-refractivity contribution in [1.29, 1.82) is 0 Å². The van der Waals surface area contributed by atoms with Crippen LogP contribution in [0.4, 0.5) is 5.69 Å². The summed E-state index contributed by atoms with van der Waals surface area (Å²) in [5.41, 5.74) is 4.55. The van der Waals surface area contributed by atoms with Crippen molar-refractivity contribution in [2.45, 2.75) is 59.9 Å². The zero-order chi connectivity index (χ0) is 16.1. The van der Waals surface area contributed by atoms with Gasteiger partial charge in [-0.25, -0.2) is 0 Å². The Morgan fingerprint density at radius 3 is 2.45 bits per heavy atom. The Labute approximate surface area is 140 Å². The standard InChI is InChI=1S/C19H28N2S/c1-13-7-6-8-14(2)16(13)20-17(22)21-12-19(5)10-15(21)9-18(3,4)11-19/h6-8,15H,9-12H2,1-5H3,(H,20,22)/t15-,19-/m0/s1. The molecule has 22 heavy (non-hydrogen) atoms. The number of fused-ring (bicyclic) bond motifs is 2. The van der Waals surface area contributed by atoms with E-state index in [-0.39, 0.29) is 0 Å². The van der Waals surface area contributed by atoms with Crippen molar-refractivity contribution in [3.63, 3.8) is 0 Å². The van der Waals surface area contributed by atoms with Gasteiger partial charge in [-0.1, -0.05) is 39.0 Å². The van der Waals surface area contributed by atoms with Gasteiger partial charge >= 0.3 is 0 Å². The second-order valence-corrected chi connectivity index (χ2v) is 8.93. The number of aryl methyl sites for hydroxylation is 2. The minimum atomic E-state index is 0.416. The normalized spacial score (nSPS) is 29.5. The van der Waals surface area contributed by atoms with E-state index in [1.54, 1.807) is 0 Å². The number of para-hydroxylation sites is 1. The van der Waals surface area contributed by atoms with Crippen molar-refractivity contribution < 1.29 is 0 Å². The van der Waals surface area contributed by atoms with Gasteiger partial charge < -0.3 is 10.2 Å². The van der Waals surface area contributed by atoms with E-state index in [1.165, 1.54) is 36.1 Å². The summed E-state index contributed by atoms with van der Waals surface area (Å²) in [6.45, 7) is 12.6. The number of thiocarbonyl (C=S) groups is 1. The first-order valence-corrected chi connectivity index (χ1v) is 8.74. The molecule has 3 heteroatoms. The Morgan fingerprint density at radius 2 is 1.82 bits per heavy atom. The molecule has 2 atom stereocenters. The van der Waals surface area contributed by atoms with Gasteiger partial charge in [0.15, 0.2) is 5.11 Å². The third-order valence-electron chi connectivity index (χ3n) is 5.39. The van der Waals surface area contributed by atoms with E-state index in [1.807, 2.05) is 0 Å². The molecule has 2 nitrogen and oxygen atoms in total. The molecular formula is C19H28N2S. The van der Waals surface area contributed by atoms with Crippen LogP contribution in [0.3, 0.4) is 0 Å². The van der Waals surface area contributed by atoms with Gasteiger partial charge in [0.05, 0.1) is 0 Å². The fraction of sp³-hybridized carbons (Fsp3) is 0.632. The molecule has 1 saturated carbocycles. The molecule has 2 bridgehead atoms. The van der Waals surface area contributed by atoms with Gasteiger partial charge in [0.1, 0.15) is 0 Å². The van der Waals surface area contributed by atoms with E-state index in [0.29, 0.717) is 16.9 Å². The molecule has 1 aliphatic carbocycles. The van der Waals surface area contributed by atoms with Crippen LogP contribution in [0.15, 0.2) is 18.2 Å². The molecule has 0 aromatic heterocycles. The van der Waals surface area contributed by atoms with Crippen LogP contribution in [0.1, 0.15) is 51.2 Å². The SMILES string of the molecule is Cc1cccc(C)c1NC(=S)N1C[C@@]2(C)C[C@@H]1CC(C)(C)C2. The highest BCUT2D eigenvalue weighted by Gasteiger charge is 2.50. The van der Waals surface area contributed by atoms with Gasteiger partial charge in [-0.05, 0) is 67.3 Å². The fourth-order valence-electron chi connectivity index (χ4n) is 4.89. The highest BCUT2D eigenvalue weighted by molar-refractivity contribution is 7.80. The lowest BCUT2D eigenvalue weighted by atomic mass is 9.65. The lowest BCUT2D eigenvalue weighted by Crippen LogP contribution is -2.40. The first-order chi connectivity index (χ1) is 10.2. The number of rotatable bonds is 1. The van der Waals surface area contributed by atoms with Gasteiger partial charge in [-0.2, -0.15) is 0 Å². The number of hydrogen-bond acceptors (Lipinski definition) is 1. The summed E-state index contributed by atoms with van der Waals surface area (Å²) in [6, 6.07) is 6.99. The Balaban J connectivity index is 1.79. The molecular weight excluding hydrogens is 288 g/mol. The summed E-state index contributed by atoms with van der Waals surface area (Å²) in [6.07, 6.45) is 3.83.